The van der Waals surface area contributed by atoms with Crippen molar-refractivity contribution in [3.63, 3.8) is 0 Å². The highest BCUT2D eigenvalue weighted by atomic mass is 16.6. The van der Waals surface area contributed by atoms with E-state index in [-0.39, 0.29) is 0 Å². The van der Waals surface area contributed by atoms with E-state index in [0.717, 1.165) is 16.5 Å². The number of alkyl carbamates (subject to hydrolysis) is 1. The Hall–Kier alpha value is -2.83. The fourth-order valence-corrected chi connectivity index (χ4v) is 2.64. The van der Waals surface area contributed by atoms with E-state index in [2.05, 4.69) is 38.1 Å². The van der Waals surface area contributed by atoms with Crippen LogP contribution in [0.25, 0.3) is 10.8 Å². The summed E-state index contributed by atoms with van der Waals surface area (Å²) in [5.41, 5.74) is -0.0962. The van der Waals surface area contributed by atoms with Crippen molar-refractivity contribution in [1.29, 1.82) is 0 Å². The van der Waals surface area contributed by atoms with Crippen molar-refractivity contribution in [2.45, 2.75) is 52.3 Å². The van der Waals surface area contributed by atoms with E-state index >= 15 is 0 Å². The molecule has 3 N–H and O–H groups in total. The van der Waals surface area contributed by atoms with Crippen LogP contribution in [0.3, 0.4) is 0 Å². The van der Waals surface area contributed by atoms with Gasteiger partial charge in [-0.25, -0.2) is 4.79 Å². The van der Waals surface area contributed by atoms with Gasteiger partial charge < -0.3 is 20.7 Å². The Bertz CT molecular complexity index is 835. The second-order valence-electron chi connectivity index (χ2n) is 8.27. The van der Waals surface area contributed by atoms with Crippen LogP contribution >= 0.6 is 0 Å². The highest BCUT2D eigenvalue weighted by Crippen LogP contribution is 2.16. The fraction of sp³-hybridized carbons (Fsp3) is 0.476. The number of aromatic nitrogens is 1. The minimum atomic E-state index is -0.531. The van der Waals surface area contributed by atoms with Crippen molar-refractivity contribution in [2.75, 3.05) is 13.6 Å². The van der Waals surface area contributed by atoms with Gasteiger partial charge in [0, 0.05) is 25.2 Å². The molecule has 1 aromatic carbocycles. The number of aliphatic imine (C=N–C) groups is 1. The molecule has 0 aliphatic heterocycles. The Morgan fingerprint density at radius 2 is 1.82 bits per heavy atom. The van der Waals surface area contributed by atoms with E-state index < -0.39 is 17.2 Å². The number of benzene rings is 1. The molecule has 1 heterocycles. The van der Waals surface area contributed by atoms with Gasteiger partial charge in [0.25, 0.3) is 0 Å². The second kappa shape index (κ2) is 8.91. The number of pyridine rings is 1. The maximum absolute atomic E-state index is 12.0. The summed E-state index contributed by atoms with van der Waals surface area (Å²) in [6, 6.07) is 10.1. The SMILES string of the molecule is CN=C(NCc1nccc2ccccc12)NCC(C)(C)NC(=O)OC(C)(C)C. The third-order valence-corrected chi connectivity index (χ3v) is 3.94. The molecule has 0 aliphatic rings. The molecule has 28 heavy (non-hydrogen) atoms. The van der Waals surface area contributed by atoms with Gasteiger partial charge in [-0.1, -0.05) is 24.3 Å². The van der Waals surface area contributed by atoms with E-state index in [1.54, 1.807) is 7.05 Å². The fourth-order valence-electron chi connectivity index (χ4n) is 2.64. The van der Waals surface area contributed by atoms with Crippen molar-refractivity contribution in [1.82, 2.24) is 20.9 Å². The van der Waals surface area contributed by atoms with E-state index in [4.69, 9.17) is 4.74 Å². The molecule has 0 aliphatic carbocycles. The van der Waals surface area contributed by atoms with Crippen molar-refractivity contribution in [3.05, 3.63) is 42.2 Å². The summed E-state index contributed by atoms with van der Waals surface area (Å²) in [7, 11) is 1.71. The first-order valence-electron chi connectivity index (χ1n) is 9.38. The Balaban J connectivity index is 1.91. The van der Waals surface area contributed by atoms with Gasteiger partial charge >= 0.3 is 6.09 Å². The maximum atomic E-state index is 12.0. The van der Waals surface area contributed by atoms with Crippen LogP contribution in [-0.2, 0) is 11.3 Å². The number of ether oxygens (including phenoxy) is 1. The third-order valence-electron chi connectivity index (χ3n) is 3.94. The van der Waals surface area contributed by atoms with E-state index in [1.165, 1.54) is 0 Å². The number of hydrogen-bond acceptors (Lipinski definition) is 4. The van der Waals surface area contributed by atoms with Crippen molar-refractivity contribution in [3.8, 4) is 0 Å². The second-order valence-corrected chi connectivity index (χ2v) is 8.27. The predicted molar refractivity (Wildman–Crippen MR) is 113 cm³/mol. The number of nitrogens with one attached hydrogen (secondary N) is 3. The number of guanidine groups is 1. The molecule has 1 amide bonds. The monoisotopic (exact) mass is 385 g/mol. The summed E-state index contributed by atoms with van der Waals surface area (Å²) in [5, 5.41) is 11.6. The molecule has 7 nitrogen and oxygen atoms in total. The van der Waals surface area contributed by atoms with Crippen LogP contribution in [0, 0.1) is 0 Å². The van der Waals surface area contributed by atoms with Crippen molar-refractivity contribution in [2.24, 2.45) is 4.99 Å². The van der Waals surface area contributed by atoms with Crippen LogP contribution in [0.1, 0.15) is 40.3 Å². The topological polar surface area (TPSA) is 87.6 Å². The number of amides is 1. The average molecular weight is 386 g/mol. The molecule has 1 aromatic heterocycles. The van der Waals surface area contributed by atoms with E-state index in [9.17, 15) is 4.79 Å². The molecule has 0 radical (unpaired) electrons. The number of carbonyl (C=O) groups is 1. The van der Waals surface area contributed by atoms with Gasteiger partial charge in [0.1, 0.15) is 5.60 Å². The molecule has 152 valence electrons. The van der Waals surface area contributed by atoms with Crippen molar-refractivity contribution < 1.29 is 9.53 Å². The number of rotatable bonds is 5. The standard InChI is InChI=1S/C21H31N5O2/c1-20(2,3)28-19(27)26-21(4,5)14-25-18(22-6)24-13-17-16-10-8-7-9-15(16)11-12-23-17/h7-12H,13-14H2,1-6H3,(H,26,27)(H2,22,24,25). The van der Waals surface area contributed by atoms with Crippen molar-refractivity contribution >= 4 is 22.8 Å². The summed E-state index contributed by atoms with van der Waals surface area (Å²) in [6.07, 6.45) is 1.37. The number of fused-ring (bicyclic) bond motifs is 1. The number of carbonyl (C=O) groups excluding carboxylic acids is 1. The zero-order valence-electron chi connectivity index (χ0n) is 17.6. The first-order valence-corrected chi connectivity index (χ1v) is 9.38. The average Bonchev–Trinajstić information content (AvgIpc) is 2.59. The summed E-state index contributed by atoms with van der Waals surface area (Å²) in [5.74, 6) is 0.633. The van der Waals surface area contributed by atoms with Crippen LogP contribution in [-0.4, -0.2) is 41.8 Å². The van der Waals surface area contributed by atoms with Gasteiger partial charge in [-0.05, 0) is 46.1 Å². The highest BCUT2D eigenvalue weighted by Gasteiger charge is 2.24. The van der Waals surface area contributed by atoms with E-state index in [1.807, 2.05) is 59.0 Å². The molecule has 0 saturated carbocycles. The Morgan fingerprint density at radius 1 is 1.11 bits per heavy atom. The maximum Gasteiger partial charge on any atom is 0.408 e. The van der Waals surface area contributed by atoms with Gasteiger partial charge in [0.2, 0.25) is 0 Å². The molecule has 0 atom stereocenters. The molecule has 0 bridgehead atoms. The largest absolute Gasteiger partial charge is 0.444 e. The lowest BCUT2D eigenvalue weighted by atomic mass is 10.1. The normalized spacial score (nSPS) is 12.6. The van der Waals surface area contributed by atoms with Gasteiger partial charge in [-0.2, -0.15) is 0 Å². The predicted octanol–water partition coefficient (Wildman–Crippen LogP) is 3.20. The highest BCUT2D eigenvalue weighted by molar-refractivity contribution is 5.85. The van der Waals surface area contributed by atoms with Gasteiger partial charge in [0.15, 0.2) is 5.96 Å². The summed E-state index contributed by atoms with van der Waals surface area (Å²) >= 11 is 0. The Labute approximate surface area is 167 Å². The summed E-state index contributed by atoms with van der Waals surface area (Å²) in [4.78, 5) is 20.7. The van der Waals surface area contributed by atoms with Crippen LogP contribution < -0.4 is 16.0 Å². The van der Waals surface area contributed by atoms with Crippen LogP contribution in [0.2, 0.25) is 0 Å². The lowest BCUT2D eigenvalue weighted by molar-refractivity contribution is 0.0474. The first-order chi connectivity index (χ1) is 13.1. The third kappa shape index (κ3) is 6.72. The minimum Gasteiger partial charge on any atom is -0.444 e. The smallest absolute Gasteiger partial charge is 0.408 e. The molecule has 0 unspecified atom stereocenters. The van der Waals surface area contributed by atoms with Crippen LogP contribution in [0.5, 0.6) is 0 Å². The Morgan fingerprint density at radius 3 is 2.50 bits per heavy atom. The first kappa shape index (κ1) is 21.5. The molecule has 2 rings (SSSR count). The van der Waals surface area contributed by atoms with Gasteiger partial charge in [-0.15, -0.1) is 0 Å². The number of hydrogen-bond donors (Lipinski definition) is 3. The van der Waals surface area contributed by atoms with Crippen LogP contribution in [0.4, 0.5) is 4.79 Å². The molecule has 0 fully saturated rings. The number of nitrogens with zero attached hydrogens (tertiary/aromatic N) is 2. The molecular formula is C21H31N5O2. The lowest BCUT2D eigenvalue weighted by Crippen LogP contribution is -2.54. The van der Waals surface area contributed by atoms with E-state index in [0.29, 0.717) is 19.0 Å². The zero-order chi connectivity index (χ0) is 20.8. The van der Waals surface area contributed by atoms with Gasteiger partial charge in [-0.3, -0.25) is 9.98 Å². The Kier molecular flexibility index (Phi) is 6.83. The molecule has 2 aromatic rings. The summed E-state index contributed by atoms with van der Waals surface area (Å²) < 4.78 is 5.32. The minimum absolute atomic E-state index is 0.442. The summed E-state index contributed by atoms with van der Waals surface area (Å²) in [6.45, 7) is 10.4. The molecule has 7 heteroatoms. The van der Waals surface area contributed by atoms with Crippen LogP contribution in [0.15, 0.2) is 41.5 Å². The quantitative estimate of drug-likeness (QED) is 0.543. The zero-order valence-corrected chi connectivity index (χ0v) is 17.6. The molecular weight excluding hydrogens is 354 g/mol. The molecule has 0 spiro atoms. The molecule has 0 saturated heterocycles. The van der Waals surface area contributed by atoms with Gasteiger partial charge in [0.05, 0.1) is 17.8 Å². The lowest BCUT2D eigenvalue weighted by Gasteiger charge is -2.29.